The molecule has 8 heteroatoms. The van der Waals surface area contributed by atoms with Crippen molar-refractivity contribution in [3.05, 3.63) is 23.9 Å². The molecule has 0 radical (unpaired) electrons. The van der Waals surface area contributed by atoms with Crippen molar-refractivity contribution in [2.24, 2.45) is 5.92 Å². The second-order valence-electron chi connectivity index (χ2n) is 7.78. The van der Waals surface area contributed by atoms with Crippen molar-refractivity contribution in [3.63, 3.8) is 0 Å². The second kappa shape index (κ2) is 8.12. The van der Waals surface area contributed by atoms with E-state index in [2.05, 4.69) is 5.32 Å². The molecule has 3 aromatic rings. The Kier molecular flexibility index (Phi) is 5.56. The highest BCUT2D eigenvalue weighted by molar-refractivity contribution is 7.21. The van der Waals surface area contributed by atoms with E-state index in [1.54, 1.807) is 18.4 Å². The van der Waals surface area contributed by atoms with Gasteiger partial charge in [0.25, 0.3) is 0 Å². The van der Waals surface area contributed by atoms with Crippen molar-refractivity contribution < 1.29 is 9.84 Å². The SMILES string of the molecule is COc1ccc2nc(-c3c(C)nc(N(C)C)nc3N[C@H]3CC[C@@H](CO)C3)sc2c1. The Bertz CT molecular complexity index is 1020. The van der Waals surface area contributed by atoms with Gasteiger partial charge in [-0.3, -0.25) is 0 Å². The van der Waals surface area contributed by atoms with Crippen LogP contribution in [0.5, 0.6) is 5.75 Å². The summed E-state index contributed by atoms with van der Waals surface area (Å²) in [5, 5.41) is 14.0. The molecule has 2 aromatic heterocycles. The molecule has 0 saturated heterocycles. The molecule has 0 bridgehead atoms. The van der Waals surface area contributed by atoms with Crippen LogP contribution in [0, 0.1) is 12.8 Å². The molecule has 0 amide bonds. The van der Waals surface area contributed by atoms with Crippen molar-refractivity contribution >= 4 is 33.3 Å². The van der Waals surface area contributed by atoms with E-state index in [1.807, 2.05) is 44.1 Å². The van der Waals surface area contributed by atoms with Crippen molar-refractivity contribution in [3.8, 4) is 16.3 Å². The standard InChI is InChI=1S/C21H27N5O2S/c1-12-18(20-24-16-8-7-15(28-4)10-17(16)29-20)19(25-21(22-12)26(2)3)23-14-6-5-13(9-14)11-27/h7-8,10,13-14,27H,5-6,9,11H2,1-4H3,(H,22,23,25)/t13-,14+/m1/s1. The smallest absolute Gasteiger partial charge is 0.227 e. The molecular formula is C21H27N5O2S. The summed E-state index contributed by atoms with van der Waals surface area (Å²) in [5.74, 6) is 2.68. The summed E-state index contributed by atoms with van der Waals surface area (Å²) in [6.07, 6.45) is 3.02. The summed E-state index contributed by atoms with van der Waals surface area (Å²) in [7, 11) is 5.56. The Morgan fingerprint density at radius 2 is 2.07 bits per heavy atom. The monoisotopic (exact) mass is 413 g/mol. The minimum atomic E-state index is 0.247. The van der Waals surface area contributed by atoms with Gasteiger partial charge in [-0.15, -0.1) is 11.3 Å². The number of benzene rings is 1. The van der Waals surface area contributed by atoms with Crippen LogP contribution in [0.1, 0.15) is 25.0 Å². The molecule has 2 atom stereocenters. The fraction of sp³-hybridized carbons (Fsp3) is 0.476. The lowest BCUT2D eigenvalue weighted by Gasteiger charge is -2.20. The summed E-state index contributed by atoms with van der Waals surface area (Å²) in [5.41, 5.74) is 2.78. The molecular weight excluding hydrogens is 386 g/mol. The molecule has 2 N–H and O–H groups in total. The highest BCUT2D eigenvalue weighted by Gasteiger charge is 2.27. The lowest BCUT2D eigenvalue weighted by molar-refractivity contribution is 0.229. The minimum absolute atomic E-state index is 0.247. The quantitative estimate of drug-likeness (QED) is 0.637. The molecule has 1 aliphatic carbocycles. The Morgan fingerprint density at radius 1 is 1.24 bits per heavy atom. The van der Waals surface area contributed by atoms with E-state index in [-0.39, 0.29) is 6.61 Å². The zero-order valence-electron chi connectivity index (χ0n) is 17.3. The first kappa shape index (κ1) is 19.8. The maximum Gasteiger partial charge on any atom is 0.227 e. The van der Waals surface area contributed by atoms with Crippen LogP contribution in [0.15, 0.2) is 18.2 Å². The van der Waals surface area contributed by atoms with Gasteiger partial charge >= 0.3 is 0 Å². The van der Waals surface area contributed by atoms with E-state index in [0.717, 1.165) is 57.3 Å². The number of hydrogen-bond acceptors (Lipinski definition) is 8. The van der Waals surface area contributed by atoms with Crippen molar-refractivity contribution in [1.82, 2.24) is 15.0 Å². The van der Waals surface area contributed by atoms with Crippen molar-refractivity contribution in [2.45, 2.75) is 32.2 Å². The number of aliphatic hydroxyl groups excluding tert-OH is 1. The molecule has 0 spiro atoms. The van der Waals surface area contributed by atoms with E-state index in [4.69, 9.17) is 19.7 Å². The number of nitrogens with zero attached hydrogens (tertiary/aromatic N) is 4. The van der Waals surface area contributed by atoms with Gasteiger partial charge < -0.3 is 20.1 Å². The highest BCUT2D eigenvalue weighted by atomic mass is 32.1. The fourth-order valence-electron chi connectivity index (χ4n) is 3.82. The van der Waals surface area contributed by atoms with Gasteiger partial charge in [0, 0.05) is 26.7 Å². The van der Waals surface area contributed by atoms with Crippen molar-refractivity contribution in [1.29, 1.82) is 0 Å². The van der Waals surface area contributed by atoms with Gasteiger partial charge in [0.15, 0.2) is 0 Å². The molecule has 4 rings (SSSR count). The third-order valence-corrected chi connectivity index (χ3v) is 6.46. The molecule has 0 unspecified atom stereocenters. The Hall–Kier alpha value is -2.45. The number of fused-ring (bicyclic) bond motifs is 1. The molecule has 1 saturated carbocycles. The second-order valence-corrected chi connectivity index (χ2v) is 8.81. The summed E-state index contributed by atoms with van der Waals surface area (Å²) in [4.78, 5) is 16.3. The molecule has 154 valence electrons. The zero-order valence-corrected chi connectivity index (χ0v) is 18.1. The number of rotatable bonds is 6. The van der Waals surface area contributed by atoms with Gasteiger partial charge in [-0.1, -0.05) is 0 Å². The number of aryl methyl sites for hydroxylation is 1. The summed E-state index contributed by atoms with van der Waals surface area (Å²) in [6, 6.07) is 6.21. The first-order valence-electron chi connectivity index (χ1n) is 9.86. The van der Waals surface area contributed by atoms with Gasteiger partial charge in [-0.25, -0.2) is 9.97 Å². The number of thiazole rings is 1. The van der Waals surface area contributed by atoms with E-state index in [0.29, 0.717) is 17.9 Å². The van der Waals surface area contributed by atoms with Crippen molar-refractivity contribution in [2.75, 3.05) is 38.0 Å². The third kappa shape index (κ3) is 4.00. The maximum atomic E-state index is 9.49. The number of hydrogen-bond donors (Lipinski definition) is 2. The van der Waals surface area contributed by atoms with Crippen LogP contribution in [-0.2, 0) is 0 Å². The predicted molar refractivity (Wildman–Crippen MR) is 118 cm³/mol. The number of aliphatic hydroxyl groups is 1. The molecule has 7 nitrogen and oxygen atoms in total. The van der Waals surface area contributed by atoms with Gasteiger partial charge in [0.2, 0.25) is 5.95 Å². The van der Waals surface area contributed by atoms with E-state index in [1.165, 1.54) is 0 Å². The number of aromatic nitrogens is 3. The van der Waals surface area contributed by atoms with Gasteiger partial charge in [0.1, 0.15) is 16.6 Å². The van der Waals surface area contributed by atoms with Crippen LogP contribution in [0.3, 0.4) is 0 Å². The van der Waals surface area contributed by atoms with Crippen LogP contribution in [0.2, 0.25) is 0 Å². The molecule has 1 fully saturated rings. The van der Waals surface area contributed by atoms with Crippen LogP contribution in [0.4, 0.5) is 11.8 Å². The number of anilines is 2. The lowest BCUT2D eigenvalue weighted by atomic mass is 10.1. The van der Waals surface area contributed by atoms with E-state index < -0.39 is 0 Å². The van der Waals surface area contributed by atoms with Crippen LogP contribution < -0.4 is 15.0 Å². The predicted octanol–water partition coefficient (Wildman–Crippen LogP) is 3.71. The Morgan fingerprint density at radius 3 is 2.76 bits per heavy atom. The number of ether oxygens (including phenoxy) is 1. The third-order valence-electron chi connectivity index (χ3n) is 5.43. The normalized spacial score (nSPS) is 18.9. The van der Waals surface area contributed by atoms with Gasteiger partial charge in [-0.2, -0.15) is 4.98 Å². The average Bonchev–Trinajstić information content (AvgIpc) is 3.33. The average molecular weight is 414 g/mol. The maximum absolute atomic E-state index is 9.49. The first-order chi connectivity index (χ1) is 14.0. The topological polar surface area (TPSA) is 83.4 Å². The zero-order chi connectivity index (χ0) is 20.5. The van der Waals surface area contributed by atoms with E-state index in [9.17, 15) is 5.11 Å². The number of nitrogens with one attached hydrogen (secondary N) is 1. The lowest BCUT2D eigenvalue weighted by Crippen LogP contribution is -2.21. The first-order valence-corrected chi connectivity index (χ1v) is 10.7. The van der Waals surface area contributed by atoms with Crippen LogP contribution >= 0.6 is 11.3 Å². The fourth-order valence-corrected chi connectivity index (χ4v) is 4.91. The minimum Gasteiger partial charge on any atom is -0.497 e. The molecule has 2 heterocycles. The Labute approximate surface area is 174 Å². The molecule has 1 aromatic carbocycles. The Balaban J connectivity index is 1.77. The summed E-state index contributed by atoms with van der Waals surface area (Å²) < 4.78 is 6.42. The van der Waals surface area contributed by atoms with Crippen LogP contribution in [0.25, 0.3) is 20.8 Å². The number of methoxy groups -OCH3 is 1. The summed E-state index contributed by atoms with van der Waals surface area (Å²) >= 11 is 1.62. The summed E-state index contributed by atoms with van der Waals surface area (Å²) in [6.45, 7) is 2.25. The largest absolute Gasteiger partial charge is 0.497 e. The molecule has 1 aliphatic rings. The van der Waals surface area contributed by atoms with E-state index >= 15 is 0 Å². The molecule has 29 heavy (non-hydrogen) atoms. The van der Waals surface area contributed by atoms with Gasteiger partial charge in [-0.05, 0) is 50.3 Å². The van der Waals surface area contributed by atoms with Gasteiger partial charge in [0.05, 0.1) is 28.6 Å². The van der Waals surface area contributed by atoms with Crippen LogP contribution in [-0.4, -0.2) is 53.9 Å². The highest BCUT2D eigenvalue weighted by Crippen LogP contribution is 2.38. The molecule has 0 aliphatic heterocycles.